The molecule has 166 valence electrons. The first-order valence-corrected chi connectivity index (χ1v) is 11.3. The zero-order valence-electron chi connectivity index (χ0n) is 16.7. The lowest BCUT2D eigenvalue weighted by Crippen LogP contribution is -2.64. The number of rotatable bonds is 2. The number of fused-ring (bicyclic) bond motifs is 2. The molecule has 0 radical (unpaired) electrons. The van der Waals surface area contributed by atoms with Crippen molar-refractivity contribution in [1.82, 2.24) is 15.5 Å². The summed E-state index contributed by atoms with van der Waals surface area (Å²) < 4.78 is 35.4. The standard InChI is InChI=1S/C20H34F2N4O3/c21-20(22)7-5-11(10-3-1-2-4-13(10)20)16-14(27)15(28)19(29-16)26-8-6-12-17(23)24-9-25-18(12)26/h10-19,24-25,27-28H,1-9,23H2/t10?,11?,12?,13?,14-,15+,16+,17?,18?,19+/m0/s1. The lowest BCUT2D eigenvalue weighted by atomic mass is 9.62. The van der Waals surface area contributed by atoms with Crippen molar-refractivity contribution in [2.45, 2.75) is 87.7 Å². The first-order valence-electron chi connectivity index (χ1n) is 11.3. The summed E-state index contributed by atoms with van der Waals surface area (Å²) in [5.74, 6) is -3.32. The van der Waals surface area contributed by atoms with Gasteiger partial charge in [-0.1, -0.05) is 12.8 Å². The van der Waals surface area contributed by atoms with E-state index in [4.69, 9.17) is 10.5 Å². The van der Waals surface area contributed by atoms with E-state index in [9.17, 15) is 19.0 Å². The highest BCUT2D eigenvalue weighted by Gasteiger charge is 2.58. The molecule has 0 bridgehead atoms. The summed E-state index contributed by atoms with van der Waals surface area (Å²) in [5, 5.41) is 28.3. The van der Waals surface area contributed by atoms with Crippen molar-refractivity contribution in [2.75, 3.05) is 13.2 Å². The number of ether oxygens (including phenoxy) is 1. The largest absolute Gasteiger partial charge is 0.388 e. The van der Waals surface area contributed by atoms with Crippen LogP contribution in [0.3, 0.4) is 0 Å². The molecule has 5 fully saturated rings. The average Bonchev–Trinajstić information content (AvgIpc) is 3.25. The molecule has 3 saturated heterocycles. The van der Waals surface area contributed by atoms with Gasteiger partial charge in [-0.3, -0.25) is 15.5 Å². The smallest absolute Gasteiger partial charge is 0.251 e. The molecule has 5 aliphatic rings. The van der Waals surface area contributed by atoms with Crippen LogP contribution in [0.2, 0.25) is 0 Å². The molecule has 2 saturated carbocycles. The number of hydrogen-bond donors (Lipinski definition) is 5. The molecule has 0 aromatic rings. The molecule has 2 aliphatic carbocycles. The second-order valence-electron chi connectivity index (χ2n) is 9.74. The number of halogens is 2. The summed E-state index contributed by atoms with van der Waals surface area (Å²) in [6, 6.07) is 0. The van der Waals surface area contributed by atoms with Crippen molar-refractivity contribution < 1.29 is 23.7 Å². The van der Waals surface area contributed by atoms with E-state index in [2.05, 4.69) is 15.5 Å². The third-order valence-electron chi connectivity index (χ3n) is 8.34. The van der Waals surface area contributed by atoms with E-state index in [1.165, 1.54) is 0 Å². The topological polar surface area (TPSA) is 103 Å². The number of nitrogens with two attached hydrogens (primary N) is 1. The molecule has 10 atom stereocenters. The Morgan fingerprint density at radius 2 is 1.76 bits per heavy atom. The van der Waals surface area contributed by atoms with Crippen molar-refractivity contribution in [3.05, 3.63) is 0 Å². The highest BCUT2D eigenvalue weighted by Crippen LogP contribution is 2.54. The average molecular weight is 417 g/mol. The van der Waals surface area contributed by atoms with Crippen molar-refractivity contribution in [1.29, 1.82) is 0 Å². The molecule has 7 nitrogen and oxygen atoms in total. The predicted molar refractivity (Wildman–Crippen MR) is 102 cm³/mol. The Balaban J connectivity index is 1.33. The molecule has 0 aromatic carbocycles. The lowest BCUT2D eigenvalue weighted by Gasteiger charge is -2.47. The fourth-order valence-electron chi connectivity index (χ4n) is 6.88. The number of aliphatic hydroxyl groups is 2. The van der Waals surface area contributed by atoms with Gasteiger partial charge in [0.05, 0.1) is 18.4 Å². The minimum atomic E-state index is -2.62. The third-order valence-corrected chi connectivity index (χ3v) is 8.34. The Morgan fingerprint density at radius 3 is 2.59 bits per heavy atom. The van der Waals surface area contributed by atoms with Gasteiger partial charge < -0.3 is 20.7 Å². The number of aliphatic hydroxyl groups excluding tert-OH is 2. The quantitative estimate of drug-likeness (QED) is 0.443. The third kappa shape index (κ3) is 3.33. The SMILES string of the molecule is NC1NCNC2C1CCN2[C@@H]1O[C@H](C2CCC(F)(F)C3CCCCC23)[C@@H](O)[C@H]1O. The molecule has 0 amide bonds. The van der Waals surface area contributed by atoms with E-state index in [1.54, 1.807) is 0 Å². The van der Waals surface area contributed by atoms with Crippen LogP contribution in [0.5, 0.6) is 0 Å². The predicted octanol–water partition coefficient (Wildman–Crippen LogP) is 0.368. The summed E-state index contributed by atoms with van der Waals surface area (Å²) in [6.07, 6.45) is 0.721. The van der Waals surface area contributed by atoms with E-state index in [0.717, 1.165) is 25.7 Å². The van der Waals surface area contributed by atoms with Gasteiger partial charge in [0.15, 0.2) is 0 Å². The molecule has 6 unspecified atom stereocenters. The summed E-state index contributed by atoms with van der Waals surface area (Å²) in [4.78, 5) is 2.06. The molecule has 29 heavy (non-hydrogen) atoms. The van der Waals surface area contributed by atoms with Crippen LogP contribution < -0.4 is 16.4 Å². The van der Waals surface area contributed by atoms with Crippen LogP contribution in [0.4, 0.5) is 8.78 Å². The fourth-order valence-corrected chi connectivity index (χ4v) is 6.88. The summed E-state index contributed by atoms with van der Waals surface area (Å²) in [5.41, 5.74) is 6.18. The number of nitrogens with one attached hydrogen (secondary N) is 2. The first-order chi connectivity index (χ1) is 13.9. The van der Waals surface area contributed by atoms with Crippen LogP contribution in [0.25, 0.3) is 0 Å². The Morgan fingerprint density at radius 1 is 0.966 bits per heavy atom. The summed E-state index contributed by atoms with van der Waals surface area (Å²) in [7, 11) is 0. The van der Waals surface area contributed by atoms with Crippen LogP contribution in [-0.2, 0) is 4.74 Å². The Hall–Kier alpha value is -0.420. The van der Waals surface area contributed by atoms with Crippen LogP contribution >= 0.6 is 0 Å². The van der Waals surface area contributed by atoms with E-state index < -0.39 is 36.4 Å². The Kier molecular flexibility index (Phi) is 5.38. The van der Waals surface area contributed by atoms with Gasteiger partial charge in [-0.25, -0.2) is 8.78 Å². The molecular formula is C20H34F2N4O3. The lowest BCUT2D eigenvalue weighted by molar-refractivity contribution is -0.175. The summed E-state index contributed by atoms with van der Waals surface area (Å²) in [6.45, 7) is 1.29. The zero-order valence-corrected chi connectivity index (χ0v) is 16.7. The molecule has 3 aliphatic heterocycles. The maximum Gasteiger partial charge on any atom is 0.251 e. The second-order valence-corrected chi connectivity index (χ2v) is 9.74. The molecule has 0 aromatic heterocycles. The van der Waals surface area contributed by atoms with Crippen LogP contribution in [-0.4, -0.2) is 71.1 Å². The van der Waals surface area contributed by atoms with Gasteiger partial charge in [0, 0.05) is 31.5 Å². The van der Waals surface area contributed by atoms with Crippen molar-refractivity contribution in [3.63, 3.8) is 0 Å². The fraction of sp³-hybridized carbons (Fsp3) is 1.00. The summed E-state index contributed by atoms with van der Waals surface area (Å²) >= 11 is 0. The first kappa shape index (κ1) is 20.5. The second kappa shape index (κ2) is 7.62. The van der Waals surface area contributed by atoms with Crippen molar-refractivity contribution >= 4 is 0 Å². The van der Waals surface area contributed by atoms with Gasteiger partial charge in [-0.15, -0.1) is 0 Å². The molecule has 5 rings (SSSR count). The van der Waals surface area contributed by atoms with Crippen LogP contribution in [0.1, 0.15) is 44.9 Å². The van der Waals surface area contributed by atoms with E-state index in [0.29, 0.717) is 26.1 Å². The minimum Gasteiger partial charge on any atom is -0.388 e. The van der Waals surface area contributed by atoms with Gasteiger partial charge in [0.2, 0.25) is 0 Å². The highest BCUT2D eigenvalue weighted by atomic mass is 19.3. The van der Waals surface area contributed by atoms with Gasteiger partial charge in [0.25, 0.3) is 5.92 Å². The van der Waals surface area contributed by atoms with E-state index in [-0.39, 0.29) is 36.5 Å². The zero-order chi connectivity index (χ0) is 20.3. The van der Waals surface area contributed by atoms with Crippen molar-refractivity contribution in [2.24, 2.45) is 29.4 Å². The Bertz CT molecular complexity index is 614. The number of nitrogens with zero attached hydrogens (tertiary/aromatic N) is 1. The molecule has 9 heteroatoms. The molecule has 0 spiro atoms. The van der Waals surface area contributed by atoms with Gasteiger partial charge in [0.1, 0.15) is 18.4 Å². The van der Waals surface area contributed by atoms with E-state index in [1.807, 2.05) is 0 Å². The monoisotopic (exact) mass is 416 g/mol. The van der Waals surface area contributed by atoms with Gasteiger partial charge in [-0.2, -0.15) is 0 Å². The molecule has 3 heterocycles. The van der Waals surface area contributed by atoms with E-state index >= 15 is 0 Å². The highest BCUT2D eigenvalue weighted by molar-refractivity contribution is 5.04. The minimum absolute atomic E-state index is 0.0185. The van der Waals surface area contributed by atoms with Gasteiger partial charge in [-0.05, 0) is 37.5 Å². The van der Waals surface area contributed by atoms with Crippen LogP contribution in [0.15, 0.2) is 0 Å². The van der Waals surface area contributed by atoms with Gasteiger partial charge >= 0.3 is 0 Å². The number of likely N-dealkylation sites (tertiary alicyclic amines) is 1. The number of alkyl halides is 2. The maximum absolute atomic E-state index is 14.5. The normalized spacial score (nSPS) is 52.9. The Labute approximate surface area is 170 Å². The maximum atomic E-state index is 14.5. The molecular weight excluding hydrogens is 382 g/mol. The van der Waals surface area contributed by atoms with Crippen LogP contribution in [0, 0.1) is 23.7 Å². The number of hydrogen-bond acceptors (Lipinski definition) is 7. The van der Waals surface area contributed by atoms with Crippen molar-refractivity contribution in [3.8, 4) is 0 Å². The molecule has 6 N–H and O–H groups in total.